The first-order chi connectivity index (χ1) is 28.2. The van der Waals surface area contributed by atoms with E-state index in [1.54, 1.807) is 48.5 Å². The monoisotopic (exact) mass is 1090 g/mol. The Hall–Kier alpha value is -2.76. The fourth-order valence-electron chi connectivity index (χ4n) is 5.17. The van der Waals surface area contributed by atoms with Crippen LogP contribution in [0.4, 0.5) is 11.4 Å². The second-order valence-corrected chi connectivity index (χ2v) is 32.7. The number of fused-ring (bicyclic) bond motifs is 1. The van der Waals surface area contributed by atoms with Gasteiger partial charge in [0.25, 0.3) is 0 Å². The van der Waals surface area contributed by atoms with Gasteiger partial charge in [-0.2, -0.15) is 9.98 Å². The molecule has 1 saturated heterocycles. The molecule has 3 aromatic carbocycles. The summed E-state index contributed by atoms with van der Waals surface area (Å²) in [6.07, 6.45) is -3.36. The SMILES string of the molecule is C[CH2][Hg-]1[O]C(=O)c2ccccc2[S]1.NC(=NCCCCCCN=C(N)/N=C(\N)Nc1ccc(Cl)cc1)/N=C(\N)Nc1ccc(Cl)cc1.OC[C@H]1O[C@@H](O)[C@H](O)[C@@H](O)[C@@H]1O.[Na+]. The Morgan fingerprint density at radius 2 is 1.23 bits per heavy atom. The summed E-state index contributed by atoms with van der Waals surface area (Å²) >= 11 is 9.48. The van der Waals surface area contributed by atoms with Crippen LogP contribution in [-0.4, -0.2) is 106 Å². The number of anilines is 2. The van der Waals surface area contributed by atoms with E-state index >= 15 is 0 Å². The maximum absolute atomic E-state index is 11.5. The Morgan fingerprint density at radius 1 is 0.750 bits per heavy atom. The molecule has 5 rings (SSSR count). The number of nitrogens with one attached hydrogen (secondary N) is 2. The average molecular weight is 1090 g/mol. The van der Waals surface area contributed by atoms with Crippen molar-refractivity contribution in [1.82, 2.24) is 0 Å². The first kappa shape index (κ1) is 53.4. The van der Waals surface area contributed by atoms with Gasteiger partial charge in [0.15, 0.2) is 6.29 Å². The third-order valence-electron chi connectivity index (χ3n) is 8.31. The Labute approximate surface area is 392 Å². The van der Waals surface area contributed by atoms with Gasteiger partial charge in [0.2, 0.25) is 23.8 Å². The molecule has 15 N–H and O–H groups in total. The van der Waals surface area contributed by atoms with Crippen molar-refractivity contribution < 1.29 is 89.2 Å². The van der Waals surface area contributed by atoms with Crippen molar-refractivity contribution >= 4 is 72.6 Å². The van der Waals surface area contributed by atoms with Gasteiger partial charge in [-0.15, -0.1) is 0 Å². The van der Waals surface area contributed by atoms with Crippen LogP contribution in [0.25, 0.3) is 0 Å². The molecular weight excluding hydrogens is 1040 g/mol. The molecule has 1 fully saturated rings. The third kappa shape index (κ3) is 19.5. The summed E-state index contributed by atoms with van der Waals surface area (Å²) < 4.78 is 11.1. The number of aliphatic imine (C=N–C) groups is 4. The molecule has 23 heteroatoms. The molecule has 5 atom stereocenters. The fraction of sp³-hybridized carbons (Fsp3) is 0.378. The minimum Gasteiger partial charge on any atom is -0.394 e. The number of unbranched alkanes of at least 4 members (excludes halogenated alkanes) is 3. The number of carbonyl (C=O) groups excluding carboxylic acids is 1. The number of nitrogens with zero attached hydrogens (tertiary/aromatic N) is 4. The van der Waals surface area contributed by atoms with Crippen LogP contribution in [0.5, 0.6) is 0 Å². The van der Waals surface area contributed by atoms with Gasteiger partial charge in [-0.1, -0.05) is 36.0 Å². The molecule has 0 bridgehead atoms. The second-order valence-electron chi connectivity index (χ2n) is 13.0. The number of carbonyl (C=O) groups is 1. The van der Waals surface area contributed by atoms with Gasteiger partial charge in [-0.05, 0) is 61.4 Å². The number of rotatable bonds is 11. The number of guanidine groups is 4. The van der Waals surface area contributed by atoms with Crippen LogP contribution >= 0.6 is 31.4 Å². The van der Waals surface area contributed by atoms with E-state index in [4.69, 9.17) is 74.3 Å². The van der Waals surface area contributed by atoms with E-state index in [-0.39, 0.29) is 59.4 Å². The van der Waals surface area contributed by atoms with E-state index in [1.807, 2.05) is 32.5 Å². The maximum Gasteiger partial charge on any atom is 1.00 e. The van der Waals surface area contributed by atoms with E-state index in [0.717, 1.165) is 51.4 Å². The Kier molecular flexibility index (Phi) is 25.6. The minimum atomic E-state index is -2.21. The van der Waals surface area contributed by atoms with Gasteiger partial charge < -0.3 is 63.8 Å². The molecule has 0 aliphatic carbocycles. The smallest absolute Gasteiger partial charge is 0.394 e. The van der Waals surface area contributed by atoms with Gasteiger partial charge >= 0.3 is 119 Å². The van der Waals surface area contributed by atoms with E-state index in [2.05, 4.69) is 42.3 Å². The molecule has 0 radical (unpaired) electrons. The molecule has 60 heavy (non-hydrogen) atoms. The van der Waals surface area contributed by atoms with E-state index < -0.39 is 59.3 Å². The molecule has 0 amide bonds. The number of benzene rings is 3. The summed E-state index contributed by atoms with van der Waals surface area (Å²) in [7, 11) is 1.85. The zero-order valence-electron chi connectivity index (χ0n) is 33.4. The van der Waals surface area contributed by atoms with Crippen molar-refractivity contribution in [3.05, 3.63) is 88.4 Å². The normalized spacial score (nSPS) is 20.6. The standard InChI is InChI=1S/C22H30Cl2N10.C7H6O2S.C6H12O6.C2H5.Hg.Na/c23-15-5-9-17(10-6-15)31-21(27)33-19(25)29-13-3-1-2-4-14-30-20(26)34-22(28)32-18-11-7-16(24)8-12-18;8-7(9)5-3-1-2-4-6(5)10;7-1-2-3(8)4(9)5(10)6(11)12-2;1-2;;/h5-12H,1-4,13-14H2,(H5,25,27,29,31,33)(H5,26,28,30,32,34);1-4,10H,(H,8,9);2-11H,1H2;1H2,2H3;;/q;;;;2*+1/p-2/t;;2-,3-,4+,5-,6-;;;/m..1.../s1. The van der Waals surface area contributed by atoms with Crippen molar-refractivity contribution in [2.45, 2.75) is 72.1 Å². The molecule has 0 saturated carbocycles. The second kappa shape index (κ2) is 28.8. The van der Waals surface area contributed by atoms with E-state index in [9.17, 15) is 4.79 Å². The Bertz CT molecular complexity index is 1800. The van der Waals surface area contributed by atoms with Gasteiger partial charge in [0.05, 0.1) is 6.61 Å². The van der Waals surface area contributed by atoms with Crippen molar-refractivity contribution in [3.63, 3.8) is 0 Å². The molecule has 0 spiro atoms. The molecule has 18 nitrogen and oxygen atoms in total. The number of hydrogen-bond donors (Lipinski definition) is 11. The molecule has 2 heterocycles. The number of halogens is 2. The number of nitrogens with two attached hydrogens (primary N) is 4. The fourth-order valence-corrected chi connectivity index (χ4v) is 20.0. The summed E-state index contributed by atoms with van der Waals surface area (Å²) in [4.78, 5) is 29.1. The largest absolute Gasteiger partial charge is 1.00 e. The Morgan fingerprint density at radius 3 is 1.70 bits per heavy atom. The predicted molar refractivity (Wildman–Crippen MR) is 229 cm³/mol. The summed E-state index contributed by atoms with van der Waals surface area (Å²) in [5, 5.41) is 51.8. The van der Waals surface area contributed by atoms with Gasteiger partial charge in [0.1, 0.15) is 24.4 Å². The number of hydrogen-bond acceptors (Lipinski definition) is 11. The van der Waals surface area contributed by atoms with E-state index in [1.165, 1.54) is 0 Å². The third-order valence-corrected chi connectivity index (χ3v) is 27.2. The predicted octanol–water partition coefficient (Wildman–Crippen LogP) is -0.0453. The first-order valence-corrected chi connectivity index (χ1v) is 33.3. The summed E-state index contributed by atoms with van der Waals surface area (Å²) in [6, 6.07) is 21.9. The molecule has 0 unspecified atom stereocenters. The molecule has 320 valence electrons. The van der Waals surface area contributed by atoms with Crippen molar-refractivity contribution in [2.75, 3.05) is 30.3 Å². The van der Waals surface area contributed by atoms with Crippen LogP contribution in [0.1, 0.15) is 43.0 Å². The van der Waals surface area contributed by atoms with Crippen molar-refractivity contribution in [2.24, 2.45) is 42.9 Å². The number of ether oxygens (including phenoxy) is 1. The average Bonchev–Trinajstić information content (AvgIpc) is 3.21. The molecule has 3 aromatic rings. The van der Waals surface area contributed by atoms with Crippen LogP contribution < -0.4 is 63.1 Å². The molecule has 2 aliphatic rings. The molecular formula is C37H51Cl2HgN10NaO8S. The van der Waals surface area contributed by atoms with E-state index in [0.29, 0.717) is 23.1 Å². The van der Waals surface area contributed by atoms with Crippen molar-refractivity contribution in [3.8, 4) is 0 Å². The van der Waals surface area contributed by atoms with Crippen LogP contribution in [0.2, 0.25) is 14.0 Å². The van der Waals surface area contributed by atoms with Crippen LogP contribution in [-0.2, 0) is 29.4 Å². The summed E-state index contributed by atoms with van der Waals surface area (Å²) in [6.45, 7) is 2.71. The number of aliphatic hydroxyl groups is 5. The van der Waals surface area contributed by atoms with Crippen LogP contribution in [0.3, 0.4) is 0 Å². The van der Waals surface area contributed by atoms with Gasteiger partial charge in [-0.25, -0.2) is 0 Å². The molecule has 0 aromatic heterocycles. The quantitative estimate of drug-likeness (QED) is 0.0520. The van der Waals surface area contributed by atoms with Crippen LogP contribution in [0, 0.1) is 0 Å². The van der Waals surface area contributed by atoms with Crippen LogP contribution in [0.15, 0.2) is 97.7 Å². The van der Waals surface area contributed by atoms with Crippen molar-refractivity contribution in [1.29, 1.82) is 0 Å². The van der Waals surface area contributed by atoms with Gasteiger partial charge in [0, 0.05) is 34.5 Å². The zero-order valence-corrected chi connectivity index (χ0v) is 43.2. The minimum absolute atomic E-state index is 0. The maximum atomic E-state index is 11.5. The number of aliphatic hydroxyl groups excluding tert-OH is 5. The molecule has 2 aliphatic heterocycles. The first-order valence-electron chi connectivity index (χ1n) is 18.7. The van der Waals surface area contributed by atoms with Gasteiger partial charge in [-0.3, -0.25) is 9.98 Å². The summed E-state index contributed by atoms with van der Waals surface area (Å²) in [5.74, 6) is 0.474. The topological polar surface area (TPSA) is 314 Å². The Balaban J connectivity index is 0.000000385. The zero-order chi connectivity index (χ0) is 43.3. The summed E-state index contributed by atoms with van der Waals surface area (Å²) in [5.41, 5.74) is 25.5.